The molecule has 1 aromatic carbocycles. The van der Waals surface area contributed by atoms with E-state index in [1.807, 2.05) is 24.3 Å². The van der Waals surface area contributed by atoms with Crippen LogP contribution in [-0.4, -0.2) is 25.0 Å². The summed E-state index contributed by atoms with van der Waals surface area (Å²) in [5, 5.41) is 3.64. The van der Waals surface area contributed by atoms with E-state index in [2.05, 4.69) is 15.3 Å². The van der Waals surface area contributed by atoms with Crippen LogP contribution < -0.4 is 16.6 Å². The summed E-state index contributed by atoms with van der Waals surface area (Å²) >= 11 is 1.49. The molecule has 3 aromatic heterocycles. The first-order chi connectivity index (χ1) is 13.4. The molecule has 9 heteroatoms. The van der Waals surface area contributed by atoms with Crippen molar-refractivity contribution in [3.8, 4) is 0 Å². The molecule has 4 aromatic rings. The molecule has 28 heavy (non-hydrogen) atoms. The number of pyridine rings is 1. The molecule has 0 atom stereocenters. The highest BCUT2D eigenvalue weighted by atomic mass is 32.1. The van der Waals surface area contributed by atoms with Crippen LogP contribution >= 0.6 is 11.3 Å². The zero-order chi connectivity index (χ0) is 19.8. The summed E-state index contributed by atoms with van der Waals surface area (Å²) in [4.78, 5) is 45.1. The number of anilines is 1. The van der Waals surface area contributed by atoms with Crippen molar-refractivity contribution >= 4 is 50.3 Å². The standard InChI is InChI=1S/C19H15N5O3S/c1-23-17-12(18(26)24(2)19(23)27)9-11(10-20-17)21-15(25)7-8-16-22-13-5-3-4-6-14(13)28-16/h3-10H,1-2H3,(H,21,25)/b8-7+. The van der Waals surface area contributed by atoms with E-state index in [-0.39, 0.29) is 16.9 Å². The number of amides is 1. The Labute approximate surface area is 162 Å². The van der Waals surface area contributed by atoms with E-state index in [4.69, 9.17) is 0 Å². The second-order valence-corrected chi connectivity index (χ2v) is 7.21. The Kier molecular flexibility index (Phi) is 4.36. The van der Waals surface area contributed by atoms with Gasteiger partial charge in [-0.05, 0) is 24.3 Å². The second kappa shape index (κ2) is 6.86. The molecule has 8 nitrogen and oxygen atoms in total. The van der Waals surface area contributed by atoms with Crippen molar-refractivity contribution in [2.45, 2.75) is 0 Å². The van der Waals surface area contributed by atoms with Crippen LogP contribution in [0.15, 0.2) is 52.2 Å². The number of fused-ring (bicyclic) bond motifs is 2. The van der Waals surface area contributed by atoms with E-state index < -0.39 is 11.2 Å². The molecule has 0 aliphatic heterocycles. The van der Waals surface area contributed by atoms with E-state index in [1.54, 1.807) is 6.08 Å². The fourth-order valence-electron chi connectivity index (χ4n) is 2.83. The minimum atomic E-state index is -0.466. The molecular formula is C19H15N5O3S. The van der Waals surface area contributed by atoms with E-state index in [0.717, 1.165) is 19.8 Å². The molecule has 3 heterocycles. The smallest absolute Gasteiger partial charge is 0.321 e. The molecule has 0 bridgehead atoms. The van der Waals surface area contributed by atoms with Gasteiger partial charge in [0, 0.05) is 20.2 Å². The first-order valence-electron chi connectivity index (χ1n) is 8.34. The maximum Gasteiger partial charge on any atom is 0.332 e. The molecule has 0 aliphatic rings. The highest BCUT2D eigenvalue weighted by molar-refractivity contribution is 7.19. The molecule has 0 saturated heterocycles. The van der Waals surface area contributed by atoms with E-state index in [9.17, 15) is 14.4 Å². The third kappa shape index (κ3) is 3.12. The van der Waals surface area contributed by atoms with Crippen molar-refractivity contribution in [2.75, 3.05) is 5.32 Å². The van der Waals surface area contributed by atoms with Crippen molar-refractivity contribution < 1.29 is 4.79 Å². The van der Waals surface area contributed by atoms with Gasteiger partial charge in [-0.3, -0.25) is 18.7 Å². The number of nitrogens with one attached hydrogen (secondary N) is 1. The Morgan fingerprint density at radius 3 is 2.75 bits per heavy atom. The lowest BCUT2D eigenvalue weighted by molar-refractivity contribution is -0.111. The van der Waals surface area contributed by atoms with Gasteiger partial charge >= 0.3 is 5.69 Å². The number of benzene rings is 1. The van der Waals surface area contributed by atoms with Gasteiger partial charge in [0.1, 0.15) is 10.7 Å². The third-order valence-electron chi connectivity index (χ3n) is 4.25. The Hall–Kier alpha value is -3.59. The van der Waals surface area contributed by atoms with Gasteiger partial charge in [0.25, 0.3) is 5.56 Å². The van der Waals surface area contributed by atoms with Crippen LogP contribution in [0.4, 0.5) is 5.69 Å². The lowest BCUT2D eigenvalue weighted by atomic mass is 10.3. The number of aryl methyl sites for hydroxylation is 1. The first-order valence-corrected chi connectivity index (χ1v) is 9.16. The topological polar surface area (TPSA) is 98.9 Å². The quantitative estimate of drug-likeness (QED) is 0.536. The fraction of sp³-hybridized carbons (Fsp3) is 0.105. The largest absolute Gasteiger partial charge is 0.332 e. The van der Waals surface area contributed by atoms with Gasteiger partial charge < -0.3 is 5.32 Å². The summed E-state index contributed by atoms with van der Waals surface area (Å²) in [5.74, 6) is -0.373. The number of carbonyl (C=O) groups is 1. The highest BCUT2D eigenvalue weighted by Crippen LogP contribution is 2.22. The predicted octanol–water partition coefficient (Wildman–Crippen LogP) is 1.89. The molecule has 0 saturated carbocycles. The zero-order valence-corrected chi connectivity index (χ0v) is 15.9. The minimum Gasteiger partial charge on any atom is -0.321 e. The molecule has 1 amide bonds. The monoisotopic (exact) mass is 393 g/mol. The van der Waals surface area contributed by atoms with Gasteiger partial charge in [-0.2, -0.15) is 0 Å². The van der Waals surface area contributed by atoms with Crippen LogP contribution in [-0.2, 0) is 18.9 Å². The Morgan fingerprint density at radius 2 is 1.96 bits per heavy atom. The molecule has 140 valence electrons. The molecule has 0 unspecified atom stereocenters. The predicted molar refractivity (Wildman–Crippen MR) is 110 cm³/mol. The van der Waals surface area contributed by atoms with Gasteiger partial charge in [-0.15, -0.1) is 11.3 Å². The van der Waals surface area contributed by atoms with Crippen LogP contribution in [0.3, 0.4) is 0 Å². The minimum absolute atomic E-state index is 0.248. The van der Waals surface area contributed by atoms with Crippen LogP contribution in [0.5, 0.6) is 0 Å². The number of hydrogen-bond donors (Lipinski definition) is 1. The van der Waals surface area contributed by atoms with E-state index >= 15 is 0 Å². The maximum atomic E-state index is 12.3. The Bertz CT molecular complexity index is 1350. The van der Waals surface area contributed by atoms with Gasteiger partial charge in [0.2, 0.25) is 5.91 Å². The zero-order valence-electron chi connectivity index (χ0n) is 15.0. The number of thiazole rings is 1. The van der Waals surface area contributed by atoms with E-state index in [1.165, 1.54) is 48.3 Å². The SMILES string of the molecule is Cn1c(=O)c2cc(NC(=O)/C=C/c3nc4ccccc4s3)cnc2n(C)c1=O. The number of carbonyl (C=O) groups excluding carboxylic acids is 1. The van der Waals surface area contributed by atoms with E-state index in [0.29, 0.717) is 5.69 Å². The summed E-state index contributed by atoms with van der Waals surface area (Å²) in [5.41, 5.74) is 0.582. The fourth-order valence-corrected chi connectivity index (χ4v) is 3.70. The van der Waals surface area contributed by atoms with Crippen molar-refractivity contribution in [1.29, 1.82) is 0 Å². The van der Waals surface area contributed by atoms with Crippen molar-refractivity contribution in [1.82, 2.24) is 19.1 Å². The summed E-state index contributed by atoms with van der Waals surface area (Å²) in [6.07, 6.45) is 4.42. The summed E-state index contributed by atoms with van der Waals surface area (Å²) in [6, 6.07) is 9.24. The summed E-state index contributed by atoms with van der Waals surface area (Å²) < 4.78 is 3.33. The lowest BCUT2D eigenvalue weighted by Gasteiger charge is -2.08. The molecule has 0 fully saturated rings. The van der Waals surface area contributed by atoms with Crippen molar-refractivity contribution in [3.05, 3.63) is 68.5 Å². The Balaban J connectivity index is 1.59. The molecule has 0 aliphatic carbocycles. The average Bonchev–Trinajstić information content (AvgIpc) is 3.12. The van der Waals surface area contributed by atoms with Gasteiger partial charge in [0.05, 0.1) is 27.5 Å². The van der Waals surface area contributed by atoms with Gasteiger partial charge in [0.15, 0.2) is 0 Å². The first kappa shape index (κ1) is 17.8. The molecule has 4 rings (SSSR count). The molecular weight excluding hydrogens is 378 g/mol. The number of rotatable bonds is 3. The number of para-hydroxylation sites is 1. The van der Waals surface area contributed by atoms with Crippen LogP contribution in [0.1, 0.15) is 5.01 Å². The second-order valence-electron chi connectivity index (χ2n) is 6.14. The van der Waals surface area contributed by atoms with Crippen LogP contribution in [0, 0.1) is 0 Å². The highest BCUT2D eigenvalue weighted by Gasteiger charge is 2.11. The van der Waals surface area contributed by atoms with Gasteiger partial charge in [-0.1, -0.05) is 12.1 Å². The van der Waals surface area contributed by atoms with Crippen molar-refractivity contribution in [2.24, 2.45) is 14.1 Å². The number of hydrogen-bond acceptors (Lipinski definition) is 6. The van der Waals surface area contributed by atoms with Crippen molar-refractivity contribution in [3.63, 3.8) is 0 Å². The third-order valence-corrected chi connectivity index (χ3v) is 5.25. The number of aromatic nitrogens is 4. The summed E-state index contributed by atoms with van der Waals surface area (Å²) in [6.45, 7) is 0. The molecule has 0 spiro atoms. The normalized spacial score (nSPS) is 11.5. The molecule has 0 radical (unpaired) electrons. The Morgan fingerprint density at radius 1 is 1.18 bits per heavy atom. The van der Waals surface area contributed by atoms with Crippen LogP contribution in [0.2, 0.25) is 0 Å². The van der Waals surface area contributed by atoms with Crippen LogP contribution in [0.25, 0.3) is 27.3 Å². The molecule has 1 N–H and O–H groups in total. The van der Waals surface area contributed by atoms with Gasteiger partial charge in [-0.25, -0.2) is 14.8 Å². The number of nitrogens with zero attached hydrogens (tertiary/aromatic N) is 4. The lowest BCUT2D eigenvalue weighted by Crippen LogP contribution is -2.37. The average molecular weight is 393 g/mol. The summed E-state index contributed by atoms with van der Waals surface area (Å²) in [7, 11) is 2.94. The maximum absolute atomic E-state index is 12.3.